The number of nitrogens with zero attached hydrogens (tertiary/aromatic N) is 2. The summed E-state index contributed by atoms with van der Waals surface area (Å²) in [6.07, 6.45) is 1.98. The number of hydrogen-bond acceptors (Lipinski definition) is 5. The molecule has 1 aromatic rings. The van der Waals surface area contributed by atoms with Gasteiger partial charge in [-0.05, 0) is 50.7 Å². The van der Waals surface area contributed by atoms with E-state index >= 15 is 0 Å². The van der Waals surface area contributed by atoms with Gasteiger partial charge >= 0.3 is 0 Å². The van der Waals surface area contributed by atoms with Gasteiger partial charge in [0.1, 0.15) is 12.4 Å². The third kappa shape index (κ3) is 4.93. The van der Waals surface area contributed by atoms with E-state index in [2.05, 4.69) is 27.5 Å². The van der Waals surface area contributed by atoms with E-state index in [-0.39, 0.29) is 11.9 Å². The van der Waals surface area contributed by atoms with Gasteiger partial charge in [0, 0.05) is 38.4 Å². The van der Waals surface area contributed by atoms with Crippen molar-refractivity contribution in [3.05, 3.63) is 24.3 Å². The number of amides is 1. The number of ether oxygens (including phenoxy) is 1. The van der Waals surface area contributed by atoms with Crippen molar-refractivity contribution in [1.82, 2.24) is 15.1 Å². The summed E-state index contributed by atoms with van der Waals surface area (Å²) in [6.45, 7) is 7.06. The Morgan fingerprint density at radius 1 is 1.25 bits per heavy atom. The van der Waals surface area contributed by atoms with Crippen LogP contribution in [0.25, 0.3) is 0 Å². The molecule has 2 heterocycles. The second-order valence-electron chi connectivity index (χ2n) is 6.66. The molecule has 3 rings (SSSR count). The zero-order chi connectivity index (χ0) is 16.8. The fraction of sp³-hybridized carbons (Fsp3) is 0.611. The second kappa shape index (κ2) is 8.46. The molecule has 0 aliphatic carbocycles. The SMILES string of the molecule is CN1CCN(CCOc2ccc(NC(=O)[C@@H]3CCCN3)cc2)CC1. The zero-order valence-electron chi connectivity index (χ0n) is 14.5. The van der Waals surface area contributed by atoms with Crippen molar-refractivity contribution in [2.24, 2.45) is 0 Å². The molecular formula is C18H28N4O2. The normalized spacial score (nSPS) is 22.5. The smallest absolute Gasteiger partial charge is 0.241 e. The predicted molar refractivity (Wildman–Crippen MR) is 95.5 cm³/mol. The second-order valence-corrected chi connectivity index (χ2v) is 6.66. The van der Waals surface area contributed by atoms with Gasteiger partial charge in [-0.1, -0.05) is 0 Å². The van der Waals surface area contributed by atoms with Crippen molar-refractivity contribution in [3.63, 3.8) is 0 Å². The molecule has 0 bridgehead atoms. The predicted octanol–water partition coefficient (Wildman–Crippen LogP) is 1.00. The quantitative estimate of drug-likeness (QED) is 0.814. The fourth-order valence-electron chi connectivity index (χ4n) is 3.14. The van der Waals surface area contributed by atoms with Gasteiger partial charge in [0.25, 0.3) is 0 Å². The number of carbonyl (C=O) groups is 1. The molecule has 2 saturated heterocycles. The number of benzene rings is 1. The molecule has 0 saturated carbocycles. The Bertz CT molecular complexity index is 520. The maximum absolute atomic E-state index is 12.1. The fourth-order valence-corrected chi connectivity index (χ4v) is 3.14. The van der Waals surface area contributed by atoms with Crippen molar-refractivity contribution >= 4 is 11.6 Å². The van der Waals surface area contributed by atoms with Gasteiger partial charge in [0.15, 0.2) is 0 Å². The minimum Gasteiger partial charge on any atom is -0.492 e. The molecular weight excluding hydrogens is 304 g/mol. The van der Waals surface area contributed by atoms with Gasteiger partial charge in [-0.3, -0.25) is 9.69 Å². The highest BCUT2D eigenvalue weighted by Gasteiger charge is 2.21. The van der Waals surface area contributed by atoms with Crippen LogP contribution < -0.4 is 15.4 Å². The van der Waals surface area contributed by atoms with Crippen molar-refractivity contribution in [1.29, 1.82) is 0 Å². The number of piperazine rings is 1. The number of rotatable bonds is 6. The highest BCUT2D eigenvalue weighted by molar-refractivity contribution is 5.95. The van der Waals surface area contributed by atoms with E-state index in [0.717, 1.165) is 63.5 Å². The highest BCUT2D eigenvalue weighted by atomic mass is 16.5. The molecule has 132 valence electrons. The minimum absolute atomic E-state index is 0.0514. The minimum atomic E-state index is -0.0514. The number of hydrogen-bond donors (Lipinski definition) is 2. The Morgan fingerprint density at radius 2 is 2.00 bits per heavy atom. The average Bonchev–Trinajstić information content (AvgIpc) is 3.13. The molecule has 1 aromatic carbocycles. The lowest BCUT2D eigenvalue weighted by atomic mass is 10.2. The summed E-state index contributed by atoms with van der Waals surface area (Å²) in [7, 11) is 2.16. The summed E-state index contributed by atoms with van der Waals surface area (Å²) in [6, 6.07) is 7.59. The van der Waals surface area contributed by atoms with Crippen molar-refractivity contribution in [3.8, 4) is 5.75 Å². The molecule has 6 heteroatoms. The zero-order valence-corrected chi connectivity index (χ0v) is 14.5. The maximum atomic E-state index is 12.1. The number of anilines is 1. The van der Waals surface area contributed by atoms with Crippen LogP contribution in [0.4, 0.5) is 5.69 Å². The first kappa shape index (κ1) is 17.2. The van der Waals surface area contributed by atoms with Crippen LogP contribution in [0.1, 0.15) is 12.8 Å². The molecule has 0 radical (unpaired) electrons. The Morgan fingerprint density at radius 3 is 2.67 bits per heavy atom. The van der Waals surface area contributed by atoms with Crippen LogP contribution in [-0.2, 0) is 4.79 Å². The summed E-state index contributed by atoms with van der Waals surface area (Å²) in [5, 5.41) is 6.16. The molecule has 2 aliphatic rings. The Balaban J connectivity index is 1.39. The lowest BCUT2D eigenvalue weighted by molar-refractivity contribution is -0.117. The van der Waals surface area contributed by atoms with E-state index < -0.39 is 0 Å². The monoisotopic (exact) mass is 332 g/mol. The topological polar surface area (TPSA) is 56.8 Å². The summed E-state index contributed by atoms with van der Waals surface area (Å²) in [5.41, 5.74) is 0.820. The molecule has 0 unspecified atom stereocenters. The van der Waals surface area contributed by atoms with Crippen LogP contribution >= 0.6 is 0 Å². The van der Waals surface area contributed by atoms with Gasteiger partial charge in [0.05, 0.1) is 6.04 Å². The van der Waals surface area contributed by atoms with Crippen molar-refractivity contribution in [2.75, 3.05) is 58.2 Å². The summed E-state index contributed by atoms with van der Waals surface area (Å²) in [5.74, 6) is 0.900. The van der Waals surface area contributed by atoms with E-state index in [1.807, 2.05) is 24.3 Å². The van der Waals surface area contributed by atoms with Crippen LogP contribution in [-0.4, -0.2) is 74.7 Å². The molecule has 0 aromatic heterocycles. The Hall–Kier alpha value is -1.63. The molecule has 2 aliphatic heterocycles. The van der Waals surface area contributed by atoms with Gasteiger partial charge in [0.2, 0.25) is 5.91 Å². The van der Waals surface area contributed by atoms with Crippen LogP contribution in [0, 0.1) is 0 Å². The standard InChI is InChI=1S/C18H28N4O2/c1-21-9-11-22(12-10-21)13-14-24-16-6-4-15(5-7-16)20-18(23)17-3-2-8-19-17/h4-7,17,19H,2-3,8-14H2,1H3,(H,20,23)/t17-/m0/s1. The van der Waals surface area contributed by atoms with Gasteiger partial charge in [-0.2, -0.15) is 0 Å². The highest BCUT2D eigenvalue weighted by Crippen LogP contribution is 2.17. The molecule has 2 fully saturated rings. The first-order chi connectivity index (χ1) is 11.7. The van der Waals surface area contributed by atoms with E-state index in [0.29, 0.717) is 6.61 Å². The molecule has 1 amide bonds. The average molecular weight is 332 g/mol. The first-order valence-corrected chi connectivity index (χ1v) is 8.89. The van der Waals surface area contributed by atoms with Gasteiger partial charge < -0.3 is 20.3 Å². The Kier molecular flexibility index (Phi) is 6.07. The molecule has 2 N–H and O–H groups in total. The molecule has 1 atom stereocenters. The number of likely N-dealkylation sites (N-methyl/N-ethyl adjacent to an activating group) is 1. The number of carbonyl (C=O) groups excluding carboxylic acids is 1. The summed E-state index contributed by atoms with van der Waals surface area (Å²) >= 11 is 0. The van der Waals surface area contributed by atoms with Crippen LogP contribution in [0.3, 0.4) is 0 Å². The summed E-state index contributed by atoms with van der Waals surface area (Å²) < 4.78 is 5.82. The lowest BCUT2D eigenvalue weighted by Gasteiger charge is -2.32. The Labute approximate surface area is 144 Å². The molecule has 6 nitrogen and oxygen atoms in total. The van der Waals surface area contributed by atoms with Crippen molar-refractivity contribution < 1.29 is 9.53 Å². The third-order valence-corrected chi connectivity index (χ3v) is 4.77. The largest absolute Gasteiger partial charge is 0.492 e. The van der Waals surface area contributed by atoms with E-state index in [1.165, 1.54) is 0 Å². The van der Waals surface area contributed by atoms with E-state index in [4.69, 9.17) is 4.74 Å². The first-order valence-electron chi connectivity index (χ1n) is 8.89. The third-order valence-electron chi connectivity index (χ3n) is 4.77. The maximum Gasteiger partial charge on any atom is 0.241 e. The lowest BCUT2D eigenvalue weighted by Crippen LogP contribution is -2.45. The van der Waals surface area contributed by atoms with Crippen molar-refractivity contribution in [2.45, 2.75) is 18.9 Å². The van der Waals surface area contributed by atoms with Gasteiger partial charge in [-0.25, -0.2) is 0 Å². The van der Waals surface area contributed by atoms with E-state index in [9.17, 15) is 4.79 Å². The van der Waals surface area contributed by atoms with Crippen LogP contribution in [0.5, 0.6) is 5.75 Å². The van der Waals surface area contributed by atoms with E-state index in [1.54, 1.807) is 0 Å². The molecule has 24 heavy (non-hydrogen) atoms. The number of nitrogens with one attached hydrogen (secondary N) is 2. The van der Waals surface area contributed by atoms with Gasteiger partial charge in [-0.15, -0.1) is 0 Å². The summed E-state index contributed by atoms with van der Waals surface area (Å²) in [4.78, 5) is 16.8. The van der Waals surface area contributed by atoms with Crippen LogP contribution in [0.15, 0.2) is 24.3 Å². The van der Waals surface area contributed by atoms with Crippen LogP contribution in [0.2, 0.25) is 0 Å². The molecule has 0 spiro atoms.